The number of nitrogens with zero attached hydrogens (tertiary/aromatic N) is 1. The quantitative estimate of drug-likeness (QED) is 0.0758. The van der Waals surface area contributed by atoms with Gasteiger partial charge < -0.3 is 55.1 Å². The Morgan fingerprint density at radius 2 is 1.26 bits per heavy atom. The van der Waals surface area contributed by atoms with E-state index in [0.717, 1.165) is 14.2 Å². The summed E-state index contributed by atoms with van der Waals surface area (Å²) in [6, 6.07) is -1.09. The van der Waals surface area contributed by atoms with Crippen LogP contribution in [0, 0.1) is 11.8 Å². The van der Waals surface area contributed by atoms with Gasteiger partial charge in [-0.25, -0.2) is 4.79 Å². The summed E-state index contributed by atoms with van der Waals surface area (Å²) in [6.07, 6.45) is -8.25. The fourth-order valence-electron chi connectivity index (χ4n) is 4.38. The van der Waals surface area contributed by atoms with Crippen LogP contribution in [0.5, 0.6) is 0 Å². The summed E-state index contributed by atoms with van der Waals surface area (Å²) in [5.74, 6) is -2.30. The van der Waals surface area contributed by atoms with Crippen molar-refractivity contribution in [2.24, 2.45) is 11.8 Å². The monoisotopic (exact) mass is 618 g/mol. The van der Waals surface area contributed by atoms with E-state index in [2.05, 4.69) is 5.32 Å². The molecule has 0 bridgehead atoms. The van der Waals surface area contributed by atoms with Gasteiger partial charge in [-0.1, -0.05) is 52.0 Å². The number of likely N-dealkylation sites (N-methyl/N-ethyl adjacent to an activating group) is 1. The van der Waals surface area contributed by atoms with Crippen LogP contribution in [0.25, 0.3) is 0 Å². The Morgan fingerprint density at radius 3 is 1.70 bits per heavy atom. The first kappa shape index (κ1) is 38.6. The molecule has 0 aromatic heterocycles. The number of likely N-dealkylation sites (tertiary alicyclic amines) is 1. The summed E-state index contributed by atoms with van der Waals surface area (Å²) >= 11 is 0. The second-order valence-electron chi connectivity index (χ2n) is 11.4. The molecular weight excluding hydrogens is 568 g/mol. The highest BCUT2D eigenvalue weighted by Crippen LogP contribution is 2.19. The third-order valence-corrected chi connectivity index (χ3v) is 6.93. The molecule has 0 unspecified atom stereocenters. The van der Waals surface area contributed by atoms with Crippen LogP contribution in [-0.4, -0.2) is 142 Å². The summed E-state index contributed by atoms with van der Waals surface area (Å²) < 4.78 is 15.6. The number of allylic oxidation sites excluding steroid dienone is 2. The number of carbonyl (C=O) groups excluding carboxylic acids is 3. The zero-order valence-corrected chi connectivity index (χ0v) is 25.9. The maximum Gasteiger partial charge on any atom is 0.338 e. The Morgan fingerprint density at radius 1 is 0.791 bits per heavy atom. The molecule has 0 radical (unpaired) electrons. The summed E-state index contributed by atoms with van der Waals surface area (Å²) in [6.45, 7) is 7.36. The van der Waals surface area contributed by atoms with E-state index >= 15 is 0 Å². The molecule has 1 heterocycles. The number of amides is 2. The molecule has 43 heavy (non-hydrogen) atoms. The molecule has 0 aromatic rings. The van der Waals surface area contributed by atoms with E-state index in [-0.39, 0.29) is 31.2 Å². The molecule has 1 fully saturated rings. The number of hydrogen-bond acceptors (Lipinski definition) is 12. The Kier molecular flexibility index (Phi) is 16.5. The molecule has 0 aliphatic carbocycles. The number of nitrogens with one attached hydrogen (secondary N) is 1. The van der Waals surface area contributed by atoms with Crippen LogP contribution in [0.2, 0.25) is 0 Å². The van der Waals surface area contributed by atoms with E-state index < -0.39 is 78.8 Å². The summed E-state index contributed by atoms with van der Waals surface area (Å²) in [5.41, 5.74) is 0. The fourth-order valence-corrected chi connectivity index (χ4v) is 4.38. The molecule has 248 valence electrons. The van der Waals surface area contributed by atoms with Crippen molar-refractivity contribution in [3.63, 3.8) is 0 Å². The van der Waals surface area contributed by atoms with Crippen LogP contribution in [0.3, 0.4) is 0 Å². The van der Waals surface area contributed by atoms with E-state index in [1.54, 1.807) is 12.2 Å². The number of ether oxygens (including phenoxy) is 3. The van der Waals surface area contributed by atoms with E-state index in [9.17, 15) is 45.0 Å². The third-order valence-electron chi connectivity index (χ3n) is 6.93. The van der Waals surface area contributed by atoms with Crippen LogP contribution in [0.1, 0.15) is 40.5 Å². The number of aliphatic hydroxyl groups is 6. The first-order valence-electron chi connectivity index (χ1n) is 14.3. The first-order valence-corrected chi connectivity index (χ1v) is 14.3. The number of esters is 1. The zero-order valence-electron chi connectivity index (χ0n) is 25.9. The lowest BCUT2D eigenvalue weighted by molar-refractivity contribution is -0.177. The molecule has 1 saturated heterocycles. The first-order chi connectivity index (χ1) is 20.0. The van der Waals surface area contributed by atoms with Crippen LogP contribution < -0.4 is 5.32 Å². The molecule has 14 heteroatoms. The van der Waals surface area contributed by atoms with E-state index in [0.29, 0.717) is 0 Å². The smallest absolute Gasteiger partial charge is 0.338 e. The van der Waals surface area contributed by atoms with Gasteiger partial charge in [-0.2, -0.15) is 0 Å². The Labute approximate surface area is 252 Å². The molecule has 2 amide bonds. The fraction of sp³-hybridized carbons (Fsp3) is 0.759. The zero-order chi connectivity index (χ0) is 33.0. The van der Waals surface area contributed by atoms with E-state index in [1.807, 2.05) is 27.7 Å². The van der Waals surface area contributed by atoms with Crippen molar-refractivity contribution in [3.8, 4) is 0 Å². The van der Waals surface area contributed by atoms with Crippen molar-refractivity contribution in [3.05, 3.63) is 24.3 Å². The highest BCUT2D eigenvalue weighted by molar-refractivity contribution is 5.89. The van der Waals surface area contributed by atoms with Crippen molar-refractivity contribution in [1.29, 1.82) is 0 Å². The minimum Gasteiger partial charge on any atom is -0.458 e. The normalized spacial score (nSPS) is 24.0. The molecule has 1 rings (SSSR count). The third kappa shape index (κ3) is 11.9. The molecule has 1 aliphatic heterocycles. The highest BCUT2D eigenvalue weighted by atomic mass is 16.6. The molecule has 0 saturated carbocycles. The second kappa shape index (κ2) is 18.4. The lowest BCUT2D eigenvalue weighted by atomic mass is 10.00. The maximum absolute atomic E-state index is 13.0. The number of hydrogen-bond donors (Lipinski definition) is 7. The summed E-state index contributed by atoms with van der Waals surface area (Å²) in [7, 11) is 3.69. The average molecular weight is 619 g/mol. The van der Waals surface area contributed by atoms with Gasteiger partial charge in [0.25, 0.3) is 5.91 Å². The van der Waals surface area contributed by atoms with Crippen LogP contribution in [-0.2, 0) is 28.6 Å². The van der Waals surface area contributed by atoms with Crippen molar-refractivity contribution >= 4 is 17.8 Å². The summed E-state index contributed by atoms with van der Waals surface area (Å²) in [5, 5.41) is 64.5. The predicted molar refractivity (Wildman–Crippen MR) is 154 cm³/mol. The molecule has 14 nitrogen and oxygen atoms in total. The van der Waals surface area contributed by atoms with Gasteiger partial charge in [0.1, 0.15) is 48.8 Å². The van der Waals surface area contributed by atoms with Gasteiger partial charge in [0, 0.05) is 21.3 Å². The van der Waals surface area contributed by atoms with Crippen molar-refractivity contribution in [1.82, 2.24) is 10.2 Å². The van der Waals surface area contributed by atoms with Gasteiger partial charge in [0.05, 0.1) is 6.54 Å². The lowest BCUT2D eigenvalue weighted by Gasteiger charge is -2.29. The molecule has 0 aromatic carbocycles. The molecule has 1 aliphatic rings. The summed E-state index contributed by atoms with van der Waals surface area (Å²) in [4.78, 5) is 40.0. The molecule has 0 spiro atoms. The Bertz CT molecular complexity index is 942. The number of carbonyl (C=O) groups is 3. The number of rotatable bonds is 16. The van der Waals surface area contributed by atoms with Gasteiger partial charge in [-0.3, -0.25) is 9.59 Å². The van der Waals surface area contributed by atoms with Crippen LogP contribution in [0.4, 0.5) is 0 Å². The topological polar surface area (TPSA) is 216 Å². The highest BCUT2D eigenvalue weighted by Gasteiger charge is 2.40. The van der Waals surface area contributed by atoms with Gasteiger partial charge >= 0.3 is 5.97 Å². The van der Waals surface area contributed by atoms with Gasteiger partial charge in [-0.15, -0.1) is 0 Å². The standard InChI is InChI=1S/C29H50N2O12/c1-15(2)8-12-19(32)21(34)23(36)25(41-6)27(38)30-18-11-10-17(14-31(5)28(18)39)43-29(40)26(42-7)24(37)22(35)20(33)13-9-16(3)4/h8-9,12-13,15-26,32-37H,10-11,14H2,1-7H3,(H,30,38)/b12-8+,13-9+/t17-,18-,19+,20+,21-,22-,23+,24+,25+,26+/m0/s1. The number of aliphatic hydroxyl groups excluding tert-OH is 6. The van der Waals surface area contributed by atoms with Crippen molar-refractivity contribution < 1.29 is 59.2 Å². The van der Waals surface area contributed by atoms with Crippen LogP contribution >= 0.6 is 0 Å². The predicted octanol–water partition coefficient (Wildman–Crippen LogP) is -1.74. The van der Waals surface area contributed by atoms with Crippen molar-refractivity contribution in [2.75, 3.05) is 27.8 Å². The van der Waals surface area contributed by atoms with Crippen molar-refractivity contribution in [2.45, 2.75) is 102 Å². The molecule has 10 atom stereocenters. The van der Waals surface area contributed by atoms with Gasteiger partial charge in [0.2, 0.25) is 5.91 Å². The van der Waals surface area contributed by atoms with E-state index in [4.69, 9.17) is 14.2 Å². The largest absolute Gasteiger partial charge is 0.458 e. The minimum atomic E-state index is -1.83. The van der Waals surface area contributed by atoms with E-state index in [1.165, 1.54) is 24.1 Å². The lowest BCUT2D eigenvalue weighted by Crippen LogP contribution is -2.55. The minimum absolute atomic E-state index is 0.0171. The second-order valence-corrected chi connectivity index (χ2v) is 11.4. The van der Waals surface area contributed by atoms with Gasteiger partial charge in [-0.05, 0) is 24.7 Å². The molecular formula is C29H50N2O12. The number of methoxy groups -OCH3 is 2. The maximum atomic E-state index is 13.0. The van der Waals surface area contributed by atoms with Crippen LogP contribution in [0.15, 0.2) is 24.3 Å². The Balaban J connectivity index is 2.89. The average Bonchev–Trinajstić information content (AvgIpc) is 3.07. The Hall–Kier alpha value is -2.43. The van der Waals surface area contributed by atoms with Gasteiger partial charge in [0.15, 0.2) is 12.2 Å². The molecule has 7 N–H and O–H groups in total. The SMILES string of the molecule is CO[C@@H](C(=O)N[C@H]1CC[C@H](OC(=O)[C@H](OC)[C@H](O)[C@@H](O)[C@H](O)/C=C/C(C)C)CN(C)C1=O)[C@H](O)[C@@H](O)[C@H](O)/C=C/C(C)C.